The minimum absolute atomic E-state index is 0.260. The average molecular weight is 140 g/mol. The van der Waals surface area contributed by atoms with E-state index in [1.54, 1.807) is 6.08 Å². The Morgan fingerprint density at radius 3 is 2.90 bits per heavy atom. The Hall–Kier alpha value is -0.990. The molecule has 0 aliphatic carbocycles. The second-order valence-electron chi connectivity index (χ2n) is 2.48. The standard InChI is InChI=1S/C7H12N2O/c1-6-5-9(2)7(10-6)3-4-8/h3-4,6,8H,5H2,1-2H3/b7-3+,8-4?/t6-/m0/s1. The predicted molar refractivity (Wildman–Crippen MR) is 40.0 cm³/mol. The van der Waals surface area contributed by atoms with Crippen molar-refractivity contribution in [3.8, 4) is 0 Å². The van der Waals surface area contributed by atoms with E-state index in [-0.39, 0.29) is 6.10 Å². The molecule has 1 aliphatic heterocycles. The van der Waals surface area contributed by atoms with E-state index < -0.39 is 0 Å². The van der Waals surface area contributed by atoms with Crippen LogP contribution in [-0.4, -0.2) is 30.8 Å². The summed E-state index contributed by atoms with van der Waals surface area (Å²) in [5.74, 6) is 0.794. The second-order valence-corrected chi connectivity index (χ2v) is 2.48. The minimum atomic E-state index is 0.260. The number of hydrogen-bond donors (Lipinski definition) is 1. The van der Waals surface area contributed by atoms with Crippen LogP contribution in [0.3, 0.4) is 0 Å². The summed E-state index contributed by atoms with van der Waals surface area (Å²) in [5, 5.41) is 6.82. The van der Waals surface area contributed by atoms with E-state index in [0.29, 0.717) is 0 Å². The van der Waals surface area contributed by atoms with E-state index in [1.807, 2.05) is 18.9 Å². The summed E-state index contributed by atoms with van der Waals surface area (Å²) in [6.45, 7) is 2.93. The zero-order chi connectivity index (χ0) is 7.56. The molecule has 0 spiro atoms. The molecule has 10 heavy (non-hydrogen) atoms. The summed E-state index contributed by atoms with van der Waals surface area (Å²) < 4.78 is 5.35. The summed E-state index contributed by atoms with van der Waals surface area (Å²) in [7, 11) is 1.96. The van der Waals surface area contributed by atoms with Crippen LogP contribution in [0.4, 0.5) is 0 Å². The Bertz CT molecular complexity index is 165. The third-order valence-electron chi connectivity index (χ3n) is 1.46. The van der Waals surface area contributed by atoms with Crippen LogP contribution in [0.1, 0.15) is 6.92 Å². The minimum Gasteiger partial charge on any atom is -0.474 e. The van der Waals surface area contributed by atoms with Gasteiger partial charge < -0.3 is 15.0 Å². The highest BCUT2D eigenvalue weighted by molar-refractivity contribution is 5.68. The third-order valence-corrected chi connectivity index (χ3v) is 1.46. The van der Waals surface area contributed by atoms with Crippen molar-refractivity contribution in [1.82, 2.24) is 4.90 Å². The highest BCUT2D eigenvalue weighted by Gasteiger charge is 2.19. The fraction of sp³-hybridized carbons (Fsp3) is 0.571. The molecule has 0 radical (unpaired) electrons. The van der Waals surface area contributed by atoms with E-state index in [1.165, 1.54) is 6.21 Å². The van der Waals surface area contributed by atoms with Gasteiger partial charge in [-0.15, -0.1) is 0 Å². The van der Waals surface area contributed by atoms with E-state index in [4.69, 9.17) is 10.1 Å². The van der Waals surface area contributed by atoms with Gasteiger partial charge in [-0.3, -0.25) is 0 Å². The SMILES string of the molecule is C[C@H]1CN(C)/C(=C\C=N)O1. The summed E-state index contributed by atoms with van der Waals surface area (Å²) >= 11 is 0. The molecule has 0 aromatic heterocycles. The van der Waals surface area contributed by atoms with Gasteiger partial charge in [-0.1, -0.05) is 0 Å². The lowest BCUT2D eigenvalue weighted by Crippen LogP contribution is -2.13. The summed E-state index contributed by atoms with van der Waals surface area (Å²) in [5.41, 5.74) is 0. The first-order valence-corrected chi connectivity index (χ1v) is 3.32. The van der Waals surface area contributed by atoms with Gasteiger partial charge >= 0.3 is 0 Å². The monoisotopic (exact) mass is 140 g/mol. The average Bonchev–Trinajstić information content (AvgIpc) is 2.13. The van der Waals surface area contributed by atoms with Crippen LogP contribution in [0.2, 0.25) is 0 Å². The molecule has 3 nitrogen and oxygen atoms in total. The molecule has 0 aromatic carbocycles. The van der Waals surface area contributed by atoms with Crippen molar-refractivity contribution >= 4 is 6.21 Å². The van der Waals surface area contributed by atoms with E-state index in [2.05, 4.69) is 0 Å². The van der Waals surface area contributed by atoms with Crippen LogP contribution >= 0.6 is 0 Å². The lowest BCUT2D eigenvalue weighted by molar-refractivity contribution is 0.178. The van der Waals surface area contributed by atoms with Gasteiger partial charge in [-0.25, -0.2) is 0 Å². The summed E-state index contributed by atoms with van der Waals surface area (Å²) in [6.07, 6.45) is 3.16. The maximum absolute atomic E-state index is 6.82. The van der Waals surface area contributed by atoms with Gasteiger partial charge in [-0.05, 0) is 6.92 Å². The van der Waals surface area contributed by atoms with Gasteiger partial charge in [0.05, 0.1) is 6.54 Å². The molecule has 0 saturated carbocycles. The van der Waals surface area contributed by atoms with Crippen LogP contribution in [0.15, 0.2) is 12.0 Å². The van der Waals surface area contributed by atoms with E-state index >= 15 is 0 Å². The second kappa shape index (κ2) is 2.73. The Kier molecular flexibility index (Phi) is 1.94. The van der Waals surface area contributed by atoms with Crippen LogP contribution in [0.25, 0.3) is 0 Å². The molecule has 3 heteroatoms. The molecule has 1 N–H and O–H groups in total. The molecule has 1 heterocycles. The molecule has 1 saturated heterocycles. The van der Waals surface area contributed by atoms with Crippen LogP contribution in [0, 0.1) is 5.41 Å². The molecule has 0 unspecified atom stereocenters. The zero-order valence-electron chi connectivity index (χ0n) is 6.29. The van der Waals surface area contributed by atoms with Gasteiger partial charge in [0.15, 0.2) is 5.88 Å². The quantitative estimate of drug-likeness (QED) is 0.547. The van der Waals surface area contributed by atoms with Gasteiger partial charge in [0, 0.05) is 19.3 Å². The van der Waals surface area contributed by atoms with Crippen molar-refractivity contribution in [2.45, 2.75) is 13.0 Å². The molecule has 1 aliphatic rings. The van der Waals surface area contributed by atoms with Crippen molar-refractivity contribution in [2.75, 3.05) is 13.6 Å². The molecular weight excluding hydrogens is 128 g/mol. The molecule has 1 atom stereocenters. The first kappa shape index (κ1) is 7.12. The maximum atomic E-state index is 6.82. The van der Waals surface area contributed by atoms with Gasteiger partial charge in [0.25, 0.3) is 0 Å². The number of allylic oxidation sites excluding steroid dienone is 1. The smallest absolute Gasteiger partial charge is 0.190 e. The third kappa shape index (κ3) is 1.29. The zero-order valence-corrected chi connectivity index (χ0v) is 6.29. The van der Waals surface area contributed by atoms with Crippen molar-refractivity contribution in [3.05, 3.63) is 12.0 Å². The molecule has 56 valence electrons. The topological polar surface area (TPSA) is 36.3 Å². The first-order chi connectivity index (χ1) is 4.74. The van der Waals surface area contributed by atoms with Gasteiger partial charge in [0.1, 0.15) is 6.10 Å². The van der Waals surface area contributed by atoms with Crippen molar-refractivity contribution < 1.29 is 4.74 Å². The number of ether oxygens (including phenoxy) is 1. The summed E-state index contributed by atoms with van der Waals surface area (Å²) in [4.78, 5) is 2.00. The highest BCUT2D eigenvalue weighted by Crippen LogP contribution is 2.15. The normalized spacial score (nSPS) is 28.8. The maximum Gasteiger partial charge on any atom is 0.190 e. The number of hydrogen-bond acceptors (Lipinski definition) is 3. The van der Waals surface area contributed by atoms with E-state index in [0.717, 1.165) is 12.4 Å². The van der Waals surface area contributed by atoms with Crippen molar-refractivity contribution in [3.63, 3.8) is 0 Å². The number of nitrogens with zero attached hydrogens (tertiary/aromatic N) is 1. The lowest BCUT2D eigenvalue weighted by Gasteiger charge is -2.06. The summed E-state index contributed by atoms with van der Waals surface area (Å²) in [6, 6.07) is 0. The molecule has 0 aromatic rings. The highest BCUT2D eigenvalue weighted by atomic mass is 16.5. The molecule has 0 bridgehead atoms. The van der Waals surface area contributed by atoms with Crippen LogP contribution < -0.4 is 0 Å². The van der Waals surface area contributed by atoms with Crippen molar-refractivity contribution in [1.29, 1.82) is 5.41 Å². The number of nitrogens with one attached hydrogen (secondary N) is 1. The Morgan fingerprint density at radius 1 is 1.80 bits per heavy atom. The van der Waals surface area contributed by atoms with Crippen LogP contribution in [0.5, 0.6) is 0 Å². The number of rotatable bonds is 1. The molecular formula is C7H12N2O. The molecule has 1 rings (SSSR count). The Morgan fingerprint density at radius 2 is 2.50 bits per heavy atom. The lowest BCUT2D eigenvalue weighted by atomic mass is 10.4. The molecule has 0 amide bonds. The fourth-order valence-electron chi connectivity index (χ4n) is 1.05. The Balaban J connectivity index is 2.62. The van der Waals surface area contributed by atoms with Gasteiger partial charge in [-0.2, -0.15) is 0 Å². The van der Waals surface area contributed by atoms with Crippen LogP contribution in [-0.2, 0) is 4.74 Å². The van der Waals surface area contributed by atoms with Gasteiger partial charge in [0.2, 0.25) is 0 Å². The van der Waals surface area contributed by atoms with E-state index in [9.17, 15) is 0 Å². The first-order valence-electron chi connectivity index (χ1n) is 3.32. The predicted octanol–water partition coefficient (Wildman–Crippen LogP) is 0.828. The molecule has 1 fully saturated rings. The fourth-order valence-corrected chi connectivity index (χ4v) is 1.05. The Labute approximate surface area is 60.8 Å². The van der Waals surface area contributed by atoms with Crippen molar-refractivity contribution in [2.24, 2.45) is 0 Å². The number of likely N-dealkylation sites (N-methyl/N-ethyl adjacent to an activating group) is 1. The largest absolute Gasteiger partial charge is 0.474 e.